The molecule has 0 saturated carbocycles. The molecule has 4 heteroatoms. The molecule has 0 radical (unpaired) electrons. The van der Waals surface area contributed by atoms with Crippen LogP contribution in [0.1, 0.15) is 18.1 Å². The summed E-state index contributed by atoms with van der Waals surface area (Å²) in [5.74, 6) is 0.876. The number of benzene rings is 1. The average Bonchev–Trinajstić information content (AvgIpc) is 2.37. The summed E-state index contributed by atoms with van der Waals surface area (Å²) >= 11 is 0. The molecule has 0 spiro atoms. The predicted octanol–water partition coefficient (Wildman–Crippen LogP) is 1.57. The van der Waals surface area contributed by atoms with E-state index in [2.05, 4.69) is 11.4 Å². The van der Waals surface area contributed by atoms with Crippen molar-refractivity contribution >= 4 is 5.91 Å². The van der Waals surface area contributed by atoms with Gasteiger partial charge < -0.3 is 10.1 Å². The molecule has 0 fully saturated rings. The lowest BCUT2D eigenvalue weighted by molar-refractivity contribution is -0.125. The van der Waals surface area contributed by atoms with Gasteiger partial charge in [0.1, 0.15) is 5.75 Å². The molecule has 1 rings (SSSR count). The van der Waals surface area contributed by atoms with Crippen molar-refractivity contribution in [3.63, 3.8) is 0 Å². The van der Waals surface area contributed by atoms with Crippen molar-refractivity contribution in [2.75, 3.05) is 21.2 Å². The fourth-order valence-corrected chi connectivity index (χ4v) is 1.85. The number of aryl methyl sites for hydroxylation is 1. The van der Waals surface area contributed by atoms with Crippen molar-refractivity contribution in [1.29, 1.82) is 0 Å². The zero-order chi connectivity index (χ0) is 13.7. The van der Waals surface area contributed by atoms with E-state index in [9.17, 15) is 4.79 Å². The first kappa shape index (κ1) is 14.5. The third kappa shape index (κ3) is 3.47. The van der Waals surface area contributed by atoms with E-state index in [1.54, 1.807) is 14.2 Å². The van der Waals surface area contributed by atoms with E-state index in [1.165, 1.54) is 5.56 Å². The van der Waals surface area contributed by atoms with Gasteiger partial charge in [0, 0.05) is 19.2 Å². The van der Waals surface area contributed by atoms with E-state index in [0.29, 0.717) is 6.54 Å². The lowest BCUT2D eigenvalue weighted by Gasteiger charge is -2.24. The second-order valence-corrected chi connectivity index (χ2v) is 4.52. The fraction of sp³-hybridized carbons (Fsp3) is 0.500. The standard InChI is InChI=1S/C14H22N2O2/c1-10-6-7-13(18-5)12(8-10)9-16(4)11(2)14(17)15-3/h6-8,11H,9H2,1-5H3,(H,15,17)/t11-/m1/s1. The van der Waals surface area contributed by atoms with Crippen LogP contribution in [-0.4, -0.2) is 38.1 Å². The molecule has 0 heterocycles. The summed E-state index contributed by atoms with van der Waals surface area (Å²) in [5, 5.41) is 2.66. The SMILES string of the molecule is CNC(=O)[C@@H](C)N(C)Cc1cc(C)ccc1OC. The van der Waals surface area contributed by atoms with E-state index in [4.69, 9.17) is 4.74 Å². The highest BCUT2D eigenvalue weighted by Gasteiger charge is 2.17. The van der Waals surface area contributed by atoms with Gasteiger partial charge in [-0.15, -0.1) is 0 Å². The van der Waals surface area contributed by atoms with Crippen LogP contribution in [0.2, 0.25) is 0 Å². The van der Waals surface area contributed by atoms with Gasteiger partial charge in [0.25, 0.3) is 0 Å². The maximum absolute atomic E-state index is 11.6. The molecule has 1 atom stereocenters. The molecule has 4 nitrogen and oxygen atoms in total. The minimum Gasteiger partial charge on any atom is -0.496 e. The number of rotatable bonds is 5. The monoisotopic (exact) mass is 250 g/mol. The number of methoxy groups -OCH3 is 1. The molecule has 1 amide bonds. The van der Waals surface area contributed by atoms with Crippen LogP contribution in [0, 0.1) is 6.92 Å². The van der Waals surface area contributed by atoms with Gasteiger partial charge >= 0.3 is 0 Å². The van der Waals surface area contributed by atoms with Gasteiger partial charge in [-0.1, -0.05) is 17.7 Å². The molecular weight excluding hydrogens is 228 g/mol. The summed E-state index contributed by atoms with van der Waals surface area (Å²) < 4.78 is 5.34. The summed E-state index contributed by atoms with van der Waals surface area (Å²) in [6, 6.07) is 5.90. The summed E-state index contributed by atoms with van der Waals surface area (Å²) in [4.78, 5) is 13.6. The first-order valence-electron chi connectivity index (χ1n) is 6.05. The summed E-state index contributed by atoms with van der Waals surface area (Å²) in [7, 11) is 5.25. The Balaban J connectivity index is 2.83. The molecule has 0 aliphatic heterocycles. The summed E-state index contributed by atoms with van der Waals surface area (Å²) in [6.45, 7) is 4.62. The molecular formula is C14H22N2O2. The largest absolute Gasteiger partial charge is 0.496 e. The molecule has 0 aliphatic rings. The molecule has 0 saturated heterocycles. The quantitative estimate of drug-likeness (QED) is 0.862. The van der Waals surface area contributed by atoms with E-state index in [0.717, 1.165) is 11.3 Å². The number of amides is 1. The van der Waals surface area contributed by atoms with Gasteiger partial charge in [-0.2, -0.15) is 0 Å². The summed E-state index contributed by atoms with van der Waals surface area (Å²) in [6.07, 6.45) is 0. The van der Waals surface area contributed by atoms with Crippen molar-refractivity contribution in [2.45, 2.75) is 26.4 Å². The van der Waals surface area contributed by atoms with Crippen molar-refractivity contribution in [3.05, 3.63) is 29.3 Å². The van der Waals surface area contributed by atoms with Crippen LogP contribution >= 0.6 is 0 Å². The Labute approximate surface area is 109 Å². The second kappa shape index (κ2) is 6.40. The van der Waals surface area contributed by atoms with Crippen molar-refractivity contribution in [2.24, 2.45) is 0 Å². The van der Waals surface area contributed by atoms with Crippen LogP contribution in [0.25, 0.3) is 0 Å². The maximum atomic E-state index is 11.6. The maximum Gasteiger partial charge on any atom is 0.236 e. The Bertz CT molecular complexity index is 418. The van der Waals surface area contributed by atoms with Gasteiger partial charge in [-0.3, -0.25) is 9.69 Å². The molecule has 1 aromatic rings. The Morgan fingerprint density at radius 2 is 2.17 bits per heavy atom. The van der Waals surface area contributed by atoms with Gasteiger partial charge in [-0.05, 0) is 27.0 Å². The van der Waals surface area contributed by atoms with E-state index < -0.39 is 0 Å². The number of carbonyl (C=O) groups excluding carboxylic acids is 1. The molecule has 0 unspecified atom stereocenters. The first-order valence-corrected chi connectivity index (χ1v) is 6.05. The predicted molar refractivity (Wildman–Crippen MR) is 72.7 cm³/mol. The molecule has 1 N–H and O–H groups in total. The average molecular weight is 250 g/mol. The van der Waals surface area contributed by atoms with Gasteiger partial charge in [0.15, 0.2) is 0 Å². The second-order valence-electron chi connectivity index (χ2n) is 4.52. The van der Waals surface area contributed by atoms with Crippen molar-refractivity contribution in [1.82, 2.24) is 10.2 Å². The Morgan fingerprint density at radius 1 is 1.50 bits per heavy atom. The van der Waals surface area contributed by atoms with E-state index in [1.807, 2.05) is 37.9 Å². The zero-order valence-corrected chi connectivity index (χ0v) is 11.8. The molecule has 1 aromatic carbocycles. The first-order chi connectivity index (χ1) is 8.49. The van der Waals surface area contributed by atoms with Crippen LogP contribution in [0.4, 0.5) is 0 Å². The number of ether oxygens (including phenoxy) is 1. The number of likely N-dealkylation sites (N-methyl/N-ethyl adjacent to an activating group) is 2. The van der Waals surface area contributed by atoms with Gasteiger partial charge in [0.05, 0.1) is 13.2 Å². The topological polar surface area (TPSA) is 41.6 Å². The lowest BCUT2D eigenvalue weighted by Crippen LogP contribution is -2.41. The summed E-state index contributed by atoms with van der Waals surface area (Å²) in [5.41, 5.74) is 2.28. The highest BCUT2D eigenvalue weighted by molar-refractivity contribution is 5.80. The van der Waals surface area contributed by atoms with Crippen LogP contribution < -0.4 is 10.1 Å². The molecule has 0 bridgehead atoms. The van der Waals surface area contributed by atoms with E-state index in [-0.39, 0.29) is 11.9 Å². The third-order valence-corrected chi connectivity index (χ3v) is 3.14. The van der Waals surface area contributed by atoms with E-state index >= 15 is 0 Å². The lowest BCUT2D eigenvalue weighted by atomic mass is 10.1. The molecule has 0 aromatic heterocycles. The van der Waals surface area contributed by atoms with Crippen LogP contribution in [0.5, 0.6) is 5.75 Å². The molecule has 100 valence electrons. The minimum atomic E-state index is -0.166. The third-order valence-electron chi connectivity index (χ3n) is 3.14. The number of nitrogens with zero attached hydrogens (tertiary/aromatic N) is 1. The highest BCUT2D eigenvalue weighted by atomic mass is 16.5. The smallest absolute Gasteiger partial charge is 0.236 e. The van der Waals surface area contributed by atoms with Gasteiger partial charge in [0.2, 0.25) is 5.91 Å². The van der Waals surface area contributed by atoms with Crippen LogP contribution in [0.15, 0.2) is 18.2 Å². The molecule has 18 heavy (non-hydrogen) atoms. The van der Waals surface area contributed by atoms with Crippen LogP contribution in [-0.2, 0) is 11.3 Å². The molecule has 0 aliphatic carbocycles. The van der Waals surface area contributed by atoms with Crippen molar-refractivity contribution < 1.29 is 9.53 Å². The number of hydrogen-bond acceptors (Lipinski definition) is 3. The van der Waals surface area contributed by atoms with Gasteiger partial charge in [-0.25, -0.2) is 0 Å². The number of hydrogen-bond donors (Lipinski definition) is 1. The number of nitrogens with one attached hydrogen (secondary N) is 1. The Morgan fingerprint density at radius 3 is 2.72 bits per heavy atom. The zero-order valence-electron chi connectivity index (χ0n) is 11.8. The fourth-order valence-electron chi connectivity index (χ4n) is 1.85. The Kier molecular flexibility index (Phi) is 5.16. The van der Waals surface area contributed by atoms with Crippen molar-refractivity contribution in [3.8, 4) is 5.75 Å². The highest BCUT2D eigenvalue weighted by Crippen LogP contribution is 2.21. The normalized spacial score (nSPS) is 12.3. The number of carbonyl (C=O) groups is 1. The minimum absolute atomic E-state index is 0.0177. The van der Waals surface area contributed by atoms with Crippen LogP contribution in [0.3, 0.4) is 0 Å². The Hall–Kier alpha value is -1.55.